The van der Waals surface area contributed by atoms with Crippen molar-refractivity contribution in [3.8, 4) is 5.75 Å². The molecular weight excluding hydrogens is 456 g/mol. The summed E-state index contributed by atoms with van der Waals surface area (Å²) < 4.78 is 29.8. The first-order valence-electron chi connectivity index (χ1n) is 9.62. The van der Waals surface area contributed by atoms with E-state index < -0.39 is 32.4 Å². The Bertz CT molecular complexity index is 1130. The van der Waals surface area contributed by atoms with Crippen LogP contribution in [0.15, 0.2) is 40.6 Å². The maximum absolute atomic E-state index is 10.1. The molecule has 2 aliphatic rings. The van der Waals surface area contributed by atoms with E-state index >= 15 is 0 Å². The van der Waals surface area contributed by atoms with E-state index in [2.05, 4.69) is 15.0 Å². The second-order valence-corrected chi connectivity index (χ2v) is 9.81. The first-order valence-corrected chi connectivity index (χ1v) is 12.1. The van der Waals surface area contributed by atoms with Crippen LogP contribution < -0.4 is 10.5 Å². The van der Waals surface area contributed by atoms with Gasteiger partial charge in [0.1, 0.15) is 30.9 Å². The minimum atomic E-state index is -3.44. The molecule has 2 radical (unpaired) electrons. The molecule has 11 nitrogen and oxygen atoms in total. The second-order valence-electron chi connectivity index (χ2n) is 7.17. The molecule has 0 amide bonds. The molecule has 0 bridgehead atoms. The minimum Gasteiger partial charge on any atom is -0.497 e. The van der Waals surface area contributed by atoms with Crippen LogP contribution in [0.25, 0.3) is 11.2 Å². The van der Waals surface area contributed by atoms with Crippen molar-refractivity contribution in [2.45, 2.75) is 34.6 Å². The molecule has 2 fully saturated rings. The first kappa shape index (κ1) is 21.8. The lowest BCUT2D eigenvalue weighted by molar-refractivity contribution is -0.0648. The van der Waals surface area contributed by atoms with Crippen LogP contribution in [0.4, 0.5) is 5.82 Å². The summed E-state index contributed by atoms with van der Waals surface area (Å²) in [6, 6.07) is 7.56. The van der Waals surface area contributed by atoms with Gasteiger partial charge < -0.3 is 19.9 Å². The molecule has 3 aromatic rings. The zero-order valence-electron chi connectivity index (χ0n) is 17.2. The highest BCUT2D eigenvalue weighted by molar-refractivity contribution is 7.99. The summed E-state index contributed by atoms with van der Waals surface area (Å²) >= 11 is 1.40. The quantitative estimate of drug-likeness (QED) is 0.412. The fraction of sp³-hybridized carbons (Fsp3) is 0.389. The Hall–Kier alpha value is -1.99. The molecule has 1 aromatic carbocycles. The number of imidazole rings is 1. The number of fused-ring (bicyclic) bond motifs is 2. The Morgan fingerprint density at radius 3 is 2.78 bits per heavy atom. The maximum Gasteiger partial charge on any atom is 0.488 e. The SMILES string of the molecule is [B][P+]1(O)OC[C@H]2O[C@@H](n3c(Sc4ccc(OC)cc4)nc4c(N)ncnc43)C(OC)[C@@H]2O1. The molecule has 2 aliphatic heterocycles. The zero-order valence-corrected chi connectivity index (χ0v) is 18.9. The highest BCUT2D eigenvalue weighted by Crippen LogP contribution is 2.59. The number of ether oxygens (including phenoxy) is 3. The number of benzene rings is 1. The van der Waals surface area contributed by atoms with E-state index in [0.29, 0.717) is 16.3 Å². The van der Waals surface area contributed by atoms with Crippen molar-refractivity contribution < 1.29 is 28.2 Å². The molecule has 5 rings (SSSR count). The third kappa shape index (κ3) is 3.84. The van der Waals surface area contributed by atoms with Gasteiger partial charge >= 0.3 is 15.4 Å². The number of nitrogen functional groups attached to an aromatic ring is 1. The Balaban J connectivity index is 1.57. The number of hydrogen-bond acceptors (Lipinski definition) is 11. The van der Waals surface area contributed by atoms with Gasteiger partial charge in [-0.05, 0) is 24.3 Å². The summed E-state index contributed by atoms with van der Waals surface area (Å²) in [6.45, 7) is 0.0759. The lowest BCUT2D eigenvalue weighted by atomic mass is 10.1. The van der Waals surface area contributed by atoms with Crippen molar-refractivity contribution in [3.05, 3.63) is 30.6 Å². The Morgan fingerprint density at radius 2 is 2.06 bits per heavy atom. The molecular formula is C18H20BN5O6PS+. The van der Waals surface area contributed by atoms with E-state index in [1.807, 2.05) is 24.3 Å². The monoisotopic (exact) mass is 476 g/mol. The van der Waals surface area contributed by atoms with E-state index in [4.69, 9.17) is 36.6 Å². The van der Waals surface area contributed by atoms with Crippen molar-refractivity contribution in [2.75, 3.05) is 26.6 Å². The topological polar surface area (TPSA) is 136 Å². The van der Waals surface area contributed by atoms with Crippen LogP contribution in [0.5, 0.6) is 5.75 Å². The molecule has 0 aliphatic carbocycles. The van der Waals surface area contributed by atoms with Crippen molar-refractivity contribution >= 4 is 44.1 Å². The van der Waals surface area contributed by atoms with Gasteiger partial charge in [-0.1, -0.05) is 11.8 Å². The summed E-state index contributed by atoms with van der Waals surface area (Å²) in [6.07, 6.45) is -1.05. The zero-order chi connectivity index (χ0) is 22.5. The molecule has 5 atom stereocenters. The van der Waals surface area contributed by atoms with Crippen LogP contribution >= 0.6 is 19.6 Å². The van der Waals surface area contributed by atoms with E-state index in [1.54, 1.807) is 11.7 Å². The molecule has 2 saturated heterocycles. The molecule has 0 spiro atoms. The van der Waals surface area contributed by atoms with E-state index in [9.17, 15) is 4.89 Å². The number of nitrogens with two attached hydrogens (primary N) is 1. The number of anilines is 1. The molecule has 2 aromatic heterocycles. The second kappa shape index (κ2) is 8.42. The van der Waals surface area contributed by atoms with Gasteiger partial charge in [-0.2, -0.15) is 9.05 Å². The highest BCUT2D eigenvalue weighted by atomic mass is 32.2. The van der Waals surface area contributed by atoms with Gasteiger partial charge in [0.2, 0.25) is 0 Å². The third-order valence-electron chi connectivity index (χ3n) is 5.25. The van der Waals surface area contributed by atoms with Gasteiger partial charge in [0.25, 0.3) is 0 Å². The van der Waals surface area contributed by atoms with Gasteiger partial charge in [-0.3, -0.25) is 4.57 Å². The number of aromatic nitrogens is 4. The normalized spacial score (nSPS) is 29.8. The fourth-order valence-electron chi connectivity index (χ4n) is 3.77. The van der Waals surface area contributed by atoms with Crippen LogP contribution in [0, 0.1) is 0 Å². The van der Waals surface area contributed by atoms with Gasteiger partial charge in [-0.15, -0.1) is 0 Å². The van der Waals surface area contributed by atoms with E-state index in [-0.39, 0.29) is 12.4 Å². The Labute approximate surface area is 189 Å². The highest BCUT2D eigenvalue weighted by Gasteiger charge is 2.58. The summed E-state index contributed by atoms with van der Waals surface area (Å²) in [5.41, 5.74) is 7.00. The number of hydrogen-bond donors (Lipinski definition) is 2. The lowest BCUT2D eigenvalue weighted by Gasteiger charge is -2.29. The summed E-state index contributed by atoms with van der Waals surface area (Å²) in [5, 5.41) is 0.571. The predicted molar refractivity (Wildman–Crippen MR) is 117 cm³/mol. The third-order valence-corrected chi connectivity index (χ3v) is 7.29. The van der Waals surface area contributed by atoms with Gasteiger partial charge in [-0.25, -0.2) is 19.8 Å². The summed E-state index contributed by atoms with van der Waals surface area (Å²) in [4.78, 5) is 24.2. The molecule has 3 N–H and O–H groups in total. The minimum absolute atomic E-state index is 0.0759. The molecule has 2 unspecified atom stereocenters. The first-order chi connectivity index (χ1) is 15.4. The van der Waals surface area contributed by atoms with Gasteiger partial charge in [0, 0.05) is 12.0 Å². The van der Waals surface area contributed by atoms with Crippen LogP contribution in [0.1, 0.15) is 6.23 Å². The van der Waals surface area contributed by atoms with Crippen molar-refractivity contribution in [1.29, 1.82) is 0 Å². The fourth-order valence-corrected chi connectivity index (χ4v) is 5.70. The predicted octanol–water partition coefficient (Wildman–Crippen LogP) is 1.73. The van der Waals surface area contributed by atoms with Crippen LogP contribution in [-0.4, -0.2) is 71.1 Å². The van der Waals surface area contributed by atoms with Gasteiger partial charge in [0.15, 0.2) is 34.5 Å². The number of nitrogens with zero attached hydrogens (tertiary/aromatic N) is 4. The lowest BCUT2D eigenvalue weighted by Crippen LogP contribution is -2.41. The largest absolute Gasteiger partial charge is 0.497 e. The van der Waals surface area contributed by atoms with Crippen LogP contribution in [0.3, 0.4) is 0 Å². The summed E-state index contributed by atoms with van der Waals surface area (Å²) in [7, 11) is 5.43. The molecule has 166 valence electrons. The van der Waals surface area contributed by atoms with Crippen LogP contribution in [-0.2, 0) is 18.5 Å². The number of rotatable bonds is 5. The number of methoxy groups -OCH3 is 2. The standard InChI is InChI=1S/C18H20BN5O6PS/c1-26-9-3-5-10(6-4-9)32-18-23-12-15(20)21-8-22-16(12)24(18)17-14(27-2)13-11(29-17)7-28-31(19,25)30-13/h3-6,8,11,13-14,17,25H,7H2,1-2H3,(H2,20,21,22)/q+1/t11-,13-,14?,17-,31?/m1/s1. The van der Waals surface area contributed by atoms with Gasteiger partial charge in [0.05, 0.1) is 7.11 Å². The molecule has 32 heavy (non-hydrogen) atoms. The molecule has 4 heterocycles. The smallest absolute Gasteiger partial charge is 0.488 e. The van der Waals surface area contributed by atoms with Crippen molar-refractivity contribution in [3.63, 3.8) is 0 Å². The van der Waals surface area contributed by atoms with Crippen LogP contribution in [0.2, 0.25) is 0 Å². The summed E-state index contributed by atoms with van der Waals surface area (Å²) in [5.74, 6) is 0.993. The Kier molecular flexibility index (Phi) is 5.74. The average Bonchev–Trinajstić information content (AvgIpc) is 3.31. The molecule has 0 saturated carbocycles. The molecule has 14 heteroatoms. The van der Waals surface area contributed by atoms with E-state index in [0.717, 1.165) is 10.6 Å². The average molecular weight is 476 g/mol. The van der Waals surface area contributed by atoms with Crippen molar-refractivity contribution in [1.82, 2.24) is 19.5 Å². The maximum atomic E-state index is 10.1. The van der Waals surface area contributed by atoms with E-state index in [1.165, 1.54) is 25.2 Å². The van der Waals surface area contributed by atoms with Crippen molar-refractivity contribution in [2.24, 2.45) is 0 Å². The Morgan fingerprint density at radius 1 is 1.28 bits per heavy atom.